The second-order valence-electron chi connectivity index (χ2n) is 4.32. The molecule has 0 fully saturated rings. The summed E-state index contributed by atoms with van der Waals surface area (Å²) in [5, 5.41) is 2.71. The molecule has 106 valence electrons. The molecule has 0 atom stereocenters. The van der Waals surface area contributed by atoms with Gasteiger partial charge in [0.1, 0.15) is 5.76 Å². The van der Waals surface area contributed by atoms with Crippen molar-refractivity contribution in [2.24, 2.45) is 5.84 Å². The molecular formula is C12H20N4O3. The fourth-order valence-electron chi connectivity index (χ4n) is 1.74. The maximum absolute atomic E-state index is 11.4. The second kappa shape index (κ2) is 6.91. The molecule has 0 aliphatic rings. The number of hydrogen-bond acceptors (Lipinski definition) is 5. The number of nitrogen functional groups attached to an aromatic ring is 1. The van der Waals surface area contributed by atoms with Crippen molar-refractivity contribution in [2.75, 3.05) is 20.1 Å². The number of carbonyl (C=O) groups excluding carboxylic acids is 2. The summed E-state index contributed by atoms with van der Waals surface area (Å²) < 4.78 is 5.41. The Balaban J connectivity index is 2.62. The molecule has 0 spiro atoms. The normalized spacial score (nSPS) is 10.6. The lowest BCUT2D eigenvalue weighted by molar-refractivity contribution is -0.122. The monoisotopic (exact) mass is 268 g/mol. The van der Waals surface area contributed by atoms with E-state index in [4.69, 9.17) is 10.3 Å². The van der Waals surface area contributed by atoms with Crippen molar-refractivity contribution in [1.29, 1.82) is 0 Å². The van der Waals surface area contributed by atoms with Gasteiger partial charge in [0.05, 0.1) is 13.1 Å². The van der Waals surface area contributed by atoms with Gasteiger partial charge >= 0.3 is 5.91 Å². The number of aryl methyl sites for hydroxylation is 1. The number of nitrogens with two attached hydrogens (primary N) is 1. The molecule has 7 nitrogen and oxygen atoms in total. The summed E-state index contributed by atoms with van der Waals surface area (Å²) in [6, 6.07) is 1.76. The van der Waals surface area contributed by atoms with E-state index < -0.39 is 5.91 Å². The predicted octanol–water partition coefficient (Wildman–Crippen LogP) is -0.241. The summed E-state index contributed by atoms with van der Waals surface area (Å²) in [6.45, 7) is 4.95. The summed E-state index contributed by atoms with van der Waals surface area (Å²) in [6.07, 6.45) is 0. The van der Waals surface area contributed by atoms with Crippen LogP contribution in [0.3, 0.4) is 0 Å². The van der Waals surface area contributed by atoms with E-state index in [1.54, 1.807) is 24.9 Å². The first-order chi connectivity index (χ1) is 8.97. The van der Waals surface area contributed by atoms with Crippen LogP contribution in [0.15, 0.2) is 10.5 Å². The van der Waals surface area contributed by atoms with Crippen LogP contribution in [0.2, 0.25) is 0 Å². The molecule has 0 bridgehead atoms. The molecule has 0 saturated carbocycles. The maximum atomic E-state index is 11.4. The van der Waals surface area contributed by atoms with Crippen LogP contribution in [0.4, 0.5) is 0 Å². The SMILES string of the molecule is CCNC(=O)CN(C)Cc1cc(C)c(C(=O)NN)o1. The zero-order chi connectivity index (χ0) is 14.4. The molecule has 1 rings (SSSR count). The molecule has 1 aromatic heterocycles. The predicted molar refractivity (Wildman–Crippen MR) is 70.1 cm³/mol. The Morgan fingerprint density at radius 1 is 1.47 bits per heavy atom. The van der Waals surface area contributed by atoms with Crippen molar-refractivity contribution < 1.29 is 14.0 Å². The van der Waals surface area contributed by atoms with Gasteiger partial charge in [0, 0.05) is 12.1 Å². The highest BCUT2D eigenvalue weighted by Gasteiger charge is 2.16. The molecule has 0 aromatic carbocycles. The van der Waals surface area contributed by atoms with Gasteiger partial charge in [-0.25, -0.2) is 5.84 Å². The average Bonchev–Trinajstić information content (AvgIpc) is 2.69. The lowest BCUT2D eigenvalue weighted by Gasteiger charge is -2.14. The molecular weight excluding hydrogens is 248 g/mol. The highest BCUT2D eigenvalue weighted by molar-refractivity contribution is 5.92. The molecule has 1 heterocycles. The van der Waals surface area contributed by atoms with E-state index in [1.165, 1.54) is 0 Å². The van der Waals surface area contributed by atoms with Crippen LogP contribution in [0.1, 0.15) is 28.8 Å². The first kappa shape index (κ1) is 15.2. The van der Waals surface area contributed by atoms with Crippen LogP contribution < -0.4 is 16.6 Å². The van der Waals surface area contributed by atoms with Crippen molar-refractivity contribution >= 4 is 11.8 Å². The Hall–Kier alpha value is -1.86. The van der Waals surface area contributed by atoms with E-state index in [-0.39, 0.29) is 18.2 Å². The minimum atomic E-state index is -0.463. The van der Waals surface area contributed by atoms with Crippen LogP contribution in [0, 0.1) is 6.92 Å². The highest BCUT2D eigenvalue weighted by atomic mass is 16.4. The molecule has 2 amide bonds. The molecule has 1 aromatic rings. The molecule has 0 aliphatic carbocycles. The standard InChI is InChI=1S/C12H20N4O3/c1-4-14-10(17)7-16(3)6-9-5-8(2)11(19-9)12(18)15-13/h5H,4,6-7,13H2,1-3H3,(H,14,17)(H,15,18). The molecule has 4 N–H and O–H groups in total. The zero-order valence-corrected chi connectivity index (χ0v) is 11.4. The van der Waals surface area contributed by atoms with Gasteiger partial charge in [-0.05, 0) is 27.0 Å². The lowest BCUT2D eigenvalue weighted by atomic mass is 10.2. The van der Waals surface area contributed by atoms with E-state index >= 15 is 0 Å². The summed E-state index contributed by atoms with van der Waals surface area (Å²) >= 11 is 0. The van der Waals surface area contributed by atoms with Crippen molar-refractivity contribution in [3.8, 4) is 0 Å². The highest BCUT2D eigenvalue weighted by Crippen LogP contribution is 2.15. The first-order valence-corrected chi connectivity index (χ1v) is 6.03. The fraction of sp³-hybridized carbons (Fsp3) is 0.500. The van der Waals surface area contributed by atoms with Gasteiger partial charge in [0.2, 0.25) is 5.91 Å². The molecule has 0 saturated heterocycles. The van der Waals surface area contributed by atoms with Crippen molar-refractivity contribution in [1.82, 2.24) is 15.6 Å². The quantitative estimate of drug-likeness (QED) is 0.375. The number of hydrogen-bond donors (Lipinski definition) is 3. The fourth-order valence-corrected chi connectivity index (χ4v) is 1.74. The van der Waals surface area contributed by atoms with Crippen LogP contribution >= 0.6 is 0 Å². The number of amides is 2. The van der Waals surface area contributed by atoms with Gasteiger partial charge < -0.3 is 9.73 Å². The smallest absolute Gasteiger partial charge is 0.301 e. The molecule has 19 heavy (non-hydrogen) atoms. The molecule has 0 unspecified atom stereocenters. The minimum absolute atomic E-state index is 0.0480. The number of likely N-dealkylation sites (N-methyl/N-ethyl adjacent to an activating group) is 2. The third-order valence-electron chi connectivity index (χ3n) is 2.52. The van der Waals surface area contributed by atoms with E-state index in [0.29, 0.717) is 24.4 Å². The van der Waals surface area contributed by atoms with Crippen LogP contribution in [-0.2, 0) is 11.3 Å². The average molecular weight is 268 g/mol. The largest absolute Gasteiger partial charge is 0.454 e. The molecule has 0 radical (unpaired) electrons. The zero-order valence-electron chi connectivity index (χ0n) is 11.4. The van der Waals surface area contributed by atoms with E-state index in [1.807, 2.05) is 12.3 Å². The van der Waals surface area contributed by atoms with Gasteiger partial charge in [-0.1, -0.05) is 0 Å². The number of furan rings is 1. The summed E-state index contributed by atoms with van der Waals surface area (Å²) in [5.74, 6) is 5.36. The van der Waals surface area contributed by atoms with E-state index in [0.717, 1.165) is 0 Å². The third kappa shape index (κ3) is 4.38. The van der Waals surface area contributed by atoms with Crippen molar-refractivity contribution in [3.05, 3.63) is 23.2 Å². The van der Waals surface area contributed by atoms with E-state index in [2.05, 4.69) is 5.32 Å². The topological polar surface area (TPSA) is 101 Å². The minimum Gasteiger partial charge on any atom is -0.454 e. The summed E-state index contributed by atoms with van der Waals surface area (Å²) in [5.41, 5.74) is 2.74. The lowest BCUT2D eigenvalue weighted by Crippen LogP contribution is -2.34. The summed E-state index contributed by atoms with van der Waals surface area (Å²) in [4.78, 5) is 24.6. The number of nitrogens with zero attached hydrogens (tertiary/aromatic N) is 1. The Morgan fingerprint density at radius 3 is 2.74 bits per heavy atom. The number of hydrazine groups is 1. The Kier molecular flexibility index (Phi) is 5.53. The number of rotatable bonds is 6. The molecule has 0 aliphatic heterocycles. The summed E-state index contributed by atoms with van der Waals surface area (Å²) in [7, 11) is 1.80. The van der Waals surface area contributed by atoms with E-state index in [9.17, 15) is 9.59 Å². The van der Waals surface area contributed by atoms with Crippen molar-refractivity contribution in [2.45, 2.75) is 20.4 Å². The Bertz CT molecular complexity index is 456. The first-order valence-electron chi connectivity index (χ1n) is 6.03. The van der Waals surface area contributed by atoms with Gasteiger partial charge in [-0.15, -0.1) is 0 Å². The van der Waals surface area contributed by atoms with Gasteiger partial charge in [0.25, 0.3) is 0 Å². The van der Waals surface area contributed by atoms with Crippen LogP contribution in [-0.4, -0.2) is 36.9 Å². The second-order valence-corrected chi connectivity index (χ2v) is 4.32. The number of carbonyl (C=O) groups is 2. The Labute approximate surface area is 112 Å². The van der Waals surface area contributed by atoms with Gasteiger partial charge in [-0.3, -0.25) is 19.9 Å². The molecule has 7 heteroatoms. The van der Waals surface area contributed by atoms with Crippen molar-refractivity contribution in [3.63, 3.8) is 0 Å². The third-order valence-corrected chi connectivity index (χ3v) is 2.52. The maximum Gasteiger partial charge on any atom is 0.301 e. The number of nitrogens with one attached hydrogen (secondary N) is 2. The Morgan fingerprint density at radius 2 is 2.16 bits per heavy atom. The van der Waals surface area contributed by atoms with Gasteiger partial charge in [-0.2, -0.15) is 0 Å². The van der Waals surface area contributed by atoms with Gasteiger partial charge in [0.15, 0.2) is 5.76 Å². The van der Waals surface area contributed by atoms with Crippen LogP contribution in [0.25, 0.3) is 0 Å². The van der Waals surface area contributed by atoms with Crippen LogP contribution in [0.5, 0.6) is 0 Å².